The Morgan fingerprint density at radius 1 is 1.19 bits per heavy atom. The SMILES string of the molecule is COc1ccc(C)cc1C1=CSC(Cc2cc(C)c(NC3=NCCCN3)cc2C)[NH+]1C. The van der Waals surface area contributed by atoms with Crippen LogP contribution in [0.5, 0.6) is 5.75 Å². The highest BCUT2D eigenvalue weighted by Gasteiger charge is 2.32. The van der Waals surface area contributed by atoms with Gasteiger partial charge in [-0.15, -0.1) is 0 Å². The van der Waals surface area contributed by atoms with Crippen LogP contribution >= 0.6 is 11.8 Å². The molecule has 2 aliphatic heterocycles. The second-order valence-electron chi connectivity index (χ2n) is 8.48. The number of methoxy groups -OCH3 is 1. The Hall–Kier alpha value is -2.44. The van der Waals surface area contributed by atoms with Crippen molar-refractivity contribution in [2.45, 2.75) is 39.0 Å². The van der Waals surface area contributed by atoms with Gasteiger partial charge in [0.2, 0.25) is 0 Å². The van der Waals surface area contributed by atoms with Crippen LogP contribution in [0.2, 0.25) is 0 Å². The molecule has 2 aliphatic rings. The lowest BCUT2D eigenvalue weighted by Crippen LogP contribution is -3.08. The third-order valence-electron chi connectivity index (χ3n) is 6.14. The Labute approximate surface area is 190 Å². The van der Waals surface area contributed by atoms with Crippen molar-refractivity contribution in [1.29, 1.82) is 0 Å². The predicted octanol–water partition coefficient (Wildman–Crippen LogP) is 3.51. The quantitative estimate of drug-likeness (QED) is 0.670. The maximum absolute atomic E-state index is 5.64. The van der Waals surface area contributed by atoms with E-state index in [0.29, 0.717) is 5.37 Å². The number of quaternary nitrogens is 1. The molecule has 3 N–H and O–H groups in total. The van der Waals surface area contributed by atoms with E-state index in [1.165, 1.54) is 38.4 Å². The van der Waals surface area contributed by atoms with Gasteiger partial charge in [-0.2, -0.15) is 0 Å². The Bertz CT molecular complexity index is 1030. The largest absolute Gasteiger partial charge is 0.496 e. The number of nitrogens with zero attached hydrogens (tertiary/aromatic N) is 1. The van der Waals surface area contributed by atoms with Crippen molar-refractivity contribution < 1.29 is 9.64 Å². The number of guanidine groups is 1. The number of anilines is 1. The zero-order valence-electron chi connectivity index (χ0n) is 19.1. The zero-order valence-corrected chi connectivity index (χ0v) is 20.0. The lowest BCUT2D eigenvalue weighted by molar-refractivity contribution is -0.811. The van der Waals surface area contributed by atoms with Crippen molar-refractivity contribution in [3.8, 4) is 5.75 Å². The number of benzene rings is 2. The molecule has 31 heavy (non-hydrogen) atoms. The number of aryl methyl sites for hydroxylation is 3. The van der Waals surface area contributed by atoms with E-state index < -0.39 is 0 Å². The Balaban J connectivity index is 1.49. The minimum Gasteiger partial charge on any atom is -0.496 e. The van der Waals surface area contributed by atoms with Crippen molar-refractivity contribution in [1.82, 2.24) is 5.32 Å². The van der Waals surface area contributed by atoms with Crippen LogP contribution in [0.15, 0.2) is 40.7 Å². The number of nitrogens with one attached hydrogen (secondary N) is 3. The maximum Gasteiger partial charge on any atom is 0.195 e. The summed E-state index contributed by atoms with van der Waals surface area (Å²) in [7, 11) is 4.02. The average molecular weight is 438 g/mol. The van der Waals surface area contributed by atoms with Crippen molar-refractivity contribution in [2.75, 3.05) is 32.6 Å². The molecule has 0 bridgehead atoms. The van der Waals surface area contributed by atoms with Crippen LogP contribution in [0.3, 0.4) is 0 Å². The lowest BCUT2D eigenvalue weighted by Gasteiger charge is -2.22. The highest BCUT2D eigenvalue weighted by molar-refractivity contribution is 8.02. The summed E-state index contributed by atoms with van der Waals surface area (Å²) in [4.78, 5) is 5.96. The van der Waals surface area contributed by atoms with Crippen LogP contribution in [0.25, 0.3) is 5.70 Å². The molecular weight excluding hydrogens is 404 g/mol. The highest BCUT2D eigenvalue weighted by atomic mass is 32.2. The van der Waals surface area contributed by atoms with Gasteiger partial charge in [0, 0.05) is 30.6 Å². The van der Waals surface area contributed by atoms with Crippen LogP contribution < -0.4 is 20.3 Å². The van der Waals surface area contributed by atoms with Gasteiger partial charge in [-0.25, -0.2) is 0 Å². The van der Waals surface area contributed by atoms with Crippen molar-refractivity contribution in [3.05, 3.63) is 63.6 Å². The van der Waals surface area contributed by atoms with Gasteiger partial charge < -0.3 is 15.4 Å². The van der Waals surface area contributed by atoms with Crippen LogP contribution in [0.1, 0.15) is 34.2 Å². The van der Waals surface area contributed by atoms with Crippen molar-refractivity contribution >= 4 is 29.1 Å². The van der Waals surface area contributed by atoms with Crippen LogP contribution in [-0.2, 0) is 6.42 Å². The monoisotopic (exact) mass is 437 g/mol. The van der Waals surface area contributed by atoms with E-state index in [-0.39, 0.29) is 0 Å². The molecule has 6 heteroatoms. The van der Waals surface area contributed by atoms with Gasteiger partial charge in [0.15, 0.2) is 5.96 Å². The maximum atomic E-state index is 5.64. The molecule has 2 heterocycles. The molecule has 5 nitrogen and oxygen atoms in total. The fourth-order valence-electron chi connectivity index (χ4n) is 4.20. The fraction of sp³-hybridized carbons (Fsp3) is 0.400. The Kier molecular flexibility index (Phi) is 6.58. The summed E-state index contributed by atoms with van der Waals surface area (Å²) < 4.78 is 5.64. The topological polar surface area (TPSA) is 50.1 Å². The van der Waals surface area contributed by atoms with Gasteiger partial charge in [-0.1, -0.05) is 29.5 Å². The highest BCUT2D eigenvalue weighted by Crippen LogP contribution is 2.32. The van der Waals surface area contributed by atoms with Gasteiger partial charge in [0.05, 0.1) is 19.7 Å². The summed E-state index contributed by atoms with van der Waals surface area (Å²) in [5, 5.41) is 9.57. The Morgan fingerprint density at radius 2 is 2.03 bits per heavy atom. The van der Waals surface area contributed by atoms with Crippen LogP contribution in [0.4, 0.5) is 5.69 Å². The molecule has 0 saturated carbocycles. The first kappa shape index (κ1) is 21.8. The van der Waals surface area contributed by atoms with E-state index in [1.54, 1.807) is 7.11 Å². The third-order valence-corrected chi connectivity index (χ3v) is 7.36. The summed E-state index contributed by atoms with van der Waals surface area (Å²) in [5.74, 6) is 1.83. The summed E-state index contributed by atoms with van der Waals surface area (Å²) in [5.41, 5.74) is 8.88. The van der Waals surface area contributed by atoms with E-state index >= 15 is 0 Å². The molecule has 4 rings (SSSR count). The van der Waals surface area contributed by atoms with Gasteiger partial charge >= 0.3 is 0 Å². The van der Waals surface area contributed by atoms with Crippen molar-refractivity contribution in [3.63, 3.8) is 0 Å². The number of hydrogen-bond acceptors (Lipinski definition) is 5. The summed E-state index contributed by atoms with van der Waals surface area (Å²) >= 11 is 1.92. The molecule has 2 unspecified atom stereocenters. The molecule has 0 spiro atoms. The molecule has 2 aromatic rings. The molecule has 0 amide bonds. The molecule has 0 radical (unpaired) electrons. The van der Waals surface area contributed by atoms with E-state index in [1.807, 2.05) is 11.8 Å². The second-order valence-corrected chi connectivity index (χ2v) is 9.55. The number of rotatable bonds is 5. The van der Waals surface area contributed by atoms with Gasteiger partial charge in [0.25, 0.3) is 0 Å². The number of likely N-dealkylation sites (N-methyl/N-ethyl adjacent to an activating group) is 1. The summed E-state index contributed by atoms with van der Waals surface area (Å²) in [6.07, 6.45) is 2.12. The first-order valence-corrected chi connectivity index (χ1v) is 11.9. The first-order chi connectivity index (χ1) is 15.0. The van der Waals surface area contributed by atoms with E-state index in [0.717, 1.165) is 43.3 Å². The standard InChI is InChI=1S/C25H32N4OS/c1-16-7-8-23(30-5)20(11-16)22-15-31-24(29(22)4)14-19-12-18(3)21(13-17(19)2)28-25-26-9-6-10-27-25/h7-8,11-13,15,24H,6,9-10,14H2,1-5H3,(H2,26,27,28)/p+1. The normalized spacial score (nSPS) is 20.7. The minimum absolute atomic E-state index is 0.446. The first-order valence-electron chi connectivity index (χ1n) is 11.0. The number of hydrogen-bond donors (Lipinski definition) is 3. The van der Waals surface area contributed by atoms with E-state index in [9.17, 15) is 0 Å². The summed E-state index contributed by atoms with van der Waals surface area (Å²) in [6.45, 7) is 8.39. The average Bonchev–Trinajstić information content (AvgIpc) is 3.12. The number of ether oxygens (including phenoxy) is 1. The molecule has 0 aromatic heterocycles. The zero-order chi connectivity index (χ0) is 22.0. The number of aliphatic imine (C=N–C) groups is 1. The van der Waals surface area contributed by atoms with Crippen LogP contribution in [0, 0.1) is 20.8 Å². The van der Waals surface area contributed by atoms with Crippen LogP contribution in [-0.4, -0.2) is 38.6 Å². The molecule has 0 fully saturated rings. The smallest absolute Gasteiger partial charge is 0.195 e. The van der Waals surface area contributed by atoms with E-state index in [2.05, 4.69) is 79.2 Å². The molecule has 2 atom stereocenters. The lowest BCUT2D eigenvalue weighted by atomic mass is 10.0. The Morgan fingerprint density at radius 3 is 2.77 bits per heavy atom. The molecule has 164 valence electrons. The molecule has 0 aliphatic carbocycles. The summed E-state index contributed by atoms with van der Waals surface area (Å²) in [6, 6.07) is 11.0. The second kappa shape index (κ2) is 9.37. The van der Waals surface area contributed by atoms with Gasteiger partial charge in [-0.3, -0.25) is 9.89 Å². The molecule has 2 aromatic carbocycles. The van der Waals surface area contributed by atoms with Gasteiger partial charge in [0.1, 0.15) is 16.8 Å². The van der Waals surface area contributed by atoms with Crippen molar-refractivity contribution in [2.24, 2.45) is 4.99 Å². The minimum atomic E-state index is 0.446. The van der Waals surface area contributed by atoms with Gasteiger partial charge in [-0.05, 0) is 62.1 Å². The number of thioether (sulfide) groups is 1. The fourth-order valence-corrected chi connectivity index (χ4v) is 5.42. The molecule has 0 saturated heterocycles. The molecular formula is C25H33N4OS+. The predicted molar refractivity (Wildman–Crippen MR) is 132 cm³/mol. The third kappa shape index (κ3) is 4.75. The van der Waals surface area contributed by atoms with E-state index in [4.69, 9.17) is 4.74 Å².